The van der Waals surface area contributed by atoms with Crippen molar-refractivity contribution in [3.05, 3.63) is 59.1 Å². The molecule has 6 nitrogen and oxygen atoms in total. The molecule has 0 aliphatic carbocycles. The van der Waals surface area contributed by atoms with Gasteiger partial charge < -0.3 is 4.57 Å². The number of nitro groups is 1. The highest BCUT2D eigenvalue weighted by Crippen LogP contribution is 2.31. The second kappa shape index (κ2) is 5.74. The number of ketones is 1. The molecule has 0 spiro atoms. The van der Waals surface area contributed by atoms with E-state index < -0.39 is 22.0 Å². The van der Waals surface area contributed by atoms with Crippen molar-refractivity contribution in [2.45, 2.75) is 6.54 Å². The topological polar surface area (TPSA) is 82.2 Å². The van der Waals surface area contributed by atoms with Crippen LogP contribution in [0, 0.1) is 10.1 Å². The van der Waals surface area contributed by atoms with Gasteiger partial charge in [0.05, 0.1) is 21.4 Å². The smallest absolute Gasteiger partial charge is 0.302 e. The van der Waals surface area contributed by atoms with Gasteiger partial charge in [0.2, 0.25) is 0 Å². The molecule has 2 aromatic heterocycles. The molecule has 0 amide bonds. The zero-order chi connectivity index (χ0) is 14.9. The first-order chi connectivity index (χ1) is 9.40. The van der Waals surface area contributed by atoms with Crippen LogP contribution in [0.2, 0.25) is 8.67 Å². The number of thiophene rings is 1. The zero-order valence-electron chi connectivity index (χ0n) is 9.71. The molecule has 0 saturated heterocycles. The van der Waals surface area contributed by atoms with Gasteiger partial charge in [0.15, 0.2) is 5.78 Å². The lowest BCUT2D eigenvalue weighted by molar-refractivity contribution is -0.386. The Morgan fingerprint density at radius 2 is 2.15 bits per heavy atom. The summed E-state index contributed by atoms with van der Waals surface area (Å²) in [4.78, 5) is 33.7. The van der Waals surface area contributed by atoms with Gasteiger partial charge in [-0.25, -0.2) is 0 Å². The molecule has 0 aromatic carbocycles. The fourth-order valence-electron chi connectivity index (χ4n) is 1.56. The number of aromatic nitrogens is 1. The molecule has 2 aromatic rings. The Balaban J connectivity index is 2.34. The summed E-state index contributed by atoms with van der Waals surface area (Å²) in [7, 11) is 0. The van der Waals surface area contributed by atoms with Gasteiger partial charge in [-0.2, -0.15) is 0 Å². The first kappa shape index (κ1) is 14.7. The van der Waals surface area contributed by atoms with Gasteiger partial charge in [-0.1, -0.05) is 23.2 Å². The van der Waals surface area contributed by atoms with Crippen molar-refractivity contribution in [1.82, 2.24) is 4.57 Å². The third kappa shape index (κ3) is 2.90. The Morgan fingerprint density at radius 3 is 2.70 bits per heavy atom. The Bertz CT molecular complexity index is 753. The van der Waals surface area contributed by atoms with E-state index in [2.05, 4.69) is 0 Å². The Labute approximate surface area is 126 Å². The summed E-state index contributed by atoms with van der Waals surface area (Å²) >= 11 is 12.6. The summed E-state index contributed by atoms with van der Waals surface area (Å²) in [5.74, 6) is -0.444. The van der Waals surface area contributed by atoms with Gasteiger partial charge in [-0.3, -0.25) is 19.7 Å². The molecule has 2 heterocycles. The van der Waals surface area contributed by atoms with Crippen molar-refractivity contribution in [3.8, 4) is 0 Å². The maximum absolute atomic E-state index is 12.0. The third-order valence-corrected chi connectivity index (χ3v) is 3.96. The second-order valence-corrected chi connectivity index (χ2v) is 6.03. The van der Waals surface area contributed by atoms with Gasteiger partial charge >= 0.3 is 11.2 Å². The molecule has 0 saturated carbocycles. The molecule has 0 radical (unpaired) electrons. The van der Waals surface area contributed by atoms with Gasteiger partial charge in [0, 0.05) is 12.3 Å². The Kier molecular flexibility index (Phi) is 4.22. The van der Waals surface area contributed by atoms with Crippen LogP contribution in [0.3, 0.4) is 0 Å². The predicted octanol–water partition coefficient (Wildman–Crippen LogP) is 3.01. The van der Waals surface area contributed by atoms with E-state index in [0.29, 0.717) is 4.34 Å². The highest BCUT2D eigenvalue weighted by molar-refractivity contribution is 7.20. The third-order valence-electron chi connectivity index (χ3n) is 2.47. The second-order valence-electron chi connectivity index (χ2n) is 3.74. The van der Waals surface area contributed by atoms with Crippen LogP contribution in [0.15, 0.2) is 29.2 Å². The summed E-state index contributed by atoms with van der Waals surface area (Å²) in [6, 6.07) is 3.81. The maximum Gasteiger partial charge on any atom is 0.334 e. The molecule has 0 aliphatic heterocycles. The average Bonchev–Trinajstić information content (AvgIpc) is 2.70. The minimum absolute atomic E-state index is 0.195. The Morgan fingerprint density at radius 1 is 1.45 bits per heavy atom. The van der Waals surface area contributed by atoms with Gasteiger partial charge in [-0.15, -0.1) is 11.3 Å². The number of carbonyl (C=O) groups excluding carboxylic acids is 1. The van der Waals surface area contributed by atoms with Crippen LogP contribution in [0.4, 0.5) is 5.69 Å². The molecule has 2 rings (SSSR count). The Hall–Kier alpha value is -1.70. The predicted molar refractivity (Wildman–Crippen MR) is 76.0 cm³/mol. The van der Waals surface area contributed by atoms with Crippen LogP contribution < -0.4 is 5.56 Å². The summed E-state index contributed by atoms with van der Waals surface area (Å²) in [6.07, 6.45) is 1.30. The molecule has 0 fully saturated rings. The lowest BCUT2D eigenvalue weighted by Gasteiger charge is -2.03. The van der Waals surface area contributed by atoms with E-state index in [-0.39, 0.29) is 16.4 Å². The molecular weight excluding hydrogens is 327 g/mol. The monoisotopic (exact) mass is 332 g/mol. The minimum atomic E-state index is -0.844. The summed E-state index contributed by atoms with van der Waals surface area (Å²) in [6.45, 7) is -0.340. The van der Waals surface area contributed by atoms with Crippen LogP contribution in [0.1, 0.15) is 10.4 Å². The van der Waals surface area contributed by atoms with Crippen LogP contribution in [-0.2, 0) is 6.54 Å². The van der Waals surface area contributed by atoms with Crippen molar-refractivity contribution >= 4 is 46.0 Å². The van der Waals surface area contributed by atoms with E-state index in [1.807, 2.05) is 0 Å². The first-order valence-corrected chi connectivity index (χ1v) is 6.79. The first-order valence-electron chi connectivity index (χ1n) is 5.22. The van der Waals surface area contributed by atoms with Gasteiger partial charge in [0.1, 0.15) is 4.34 Å². The van der Waals surface area contributed by atoms with Crippen molar-refractivity contribution in [3.63, 3.8) is 0 Å². The molecule has 0 atom stereocenters. The van der Waals surface area contributed by atoms with Crippen molar-refractivity contribution < 1.29 is 9.72 Å². The molecular formula is C11H6Cl2N2O4S. The SMILES string of the molecule is O=C(Cn1cccc([N+](=O)[O-])c1=O)c1cc(Cl)sc1Cl. The lowest BCUT2D eigenvalue weighted by atomic mass is 10.2. The van der Waals surface area contributed by atoms with Gasteiger partial charge in [0.25, 0.3) is 0 Å². The fraction of sp³-hybridized carbons (Fsp3) is 0.0909. The molecule has 0 bridgehead atoms. The number of Topliss-reactive ketones (excluding diaryl/α,β-unsaturated/α-hetero) is 1. The van der Waals surface area contributed by atoms with Crippen LogP contribution in [0.5, 0.6) is 0 Å². The molecule has 0 aliphatic rings. The molecule has 0 N–H and O–H groups in total. The van der Waals surface area contributed by atoms with Crippen molar-refractivity contribution in [2.24, 2.45) is 0 Å². The highest BCUT2D eigenvalue weighted by Gasteiger charge is 2.18. The quantitative estimate of drug-likeness (QED) is 0.489. The number of halogens is 2. The molecule has 104 valence electrons. The van der Waals surface area contributed by atoms with Crippen LogP contribution >= 0.6 is 34.5 Å². The average molecular weight is 333 g/mol. The van der Waals surface area contributed by atoms with Crippen molar-refractivity contribution in [2.75, 3.05) is 0 Å². The zero-order valence-corrected chi connectivity index (χ0v) is 12.0. The minimum Gasteiger partial charge on any atom is -0.302 e. The molecule has 20 heavy (non-hydrogen) atoms. The van der Waals surface area contributed by atoms with E-state index in [1.165, 1.54) is 18.3 Å². The summed E-state index contributed by atoms with van der Waals surface area (Å²) < 4.78 is 1.53. The van der Waals surface area contributed by atoms with E-state index in [0.717, 1.165) is 22.0 Å². The number of carbonyl (C=O) groups is 1. The maximum atomic E-state index is 12.0. The number of nitrogens with zero attached hydrogens (tertiary/aromatic N) is 2. The molecule has 0 unspecified atom stereocenters. The van der Waals surface area contributed by atoms with E-state index in [9.17, 15) is 19.7 Å². The van der Waals surface area contributed by atoms with E-state index in [1.54, 1.807) is 0 Å². The lowest BCUT2D eigenvalue weighted by Crippen LogP contribution is -2.25. The fourth-order valence-corrected chi connectivity index (χ4v) is 3.06. The summed E-state index contributed by atoms with van der Waals surface area (Å²) in [5, 5.41) is 10.7. The van der Waals surface area contributed by atoms with Crippen LogP contribution in [0.25, 0.3) is 0 Å². The largest absolute Gasteiger partial charge is 0.334 e. The van der Waals surface area contributed by atoms with Crippen molar-refractivity contribution in [1.29, 1.82) is 0 Å². The number of rotatable bonds is 4. The van der Waals surface area contributed by atoms with Crippen LogP contribution in [-0.4, -0.2) is 15.3 Å². The highest BCUT2D eigenvalue weighted by atomic mass is 35.5. The number of hydrogen-bond acceptors (Lipinski definition) is 5. The number of hydrogen-bond donors (Lipinski definition) is 0. The number of pyridine rings is 1. The summed E-state index contributed by atoms with van der Waals surface area (Å²) in [5.41, 5.74) is -1.24. The van der Waals surface area contributed by atoms with E-state index >= 15 is 0 Å². The van der Waals surface area contributed by atoms with E-state index in [4.69, 9.17) is 23.2 Å². The standard InChI is InChI=1S/C11H6Cl2N2O4S/c12-9-4-6(10(13)20-9)8(16)5-14-3-1-2-7(11(14)17)15(18)19/h1-4H,5H2. The molecule has 9 heteroatoms. The normalized spacial score (nSPS) is 10.5. The van der Waals surface area contributed by atoms with Gasteiger partial charge in [-0.05, 0) is 12.1 Å².